The third kappa shape index (κ3) is 2.93. The number of hydrogen-bond donors (Lipinski definition) is 1. The molecule has 0 aliphatic rings. The van der Waals surface area contributed by atoms with Crippen molar-refractivity contribution in [1.82, 2.24) is 15.0 Å². The summed E-state index contributed by atoms with van der Waals surface area (Å²) < 4.78 is 1.06. The maximum Gasteiger partial charge on any atom is 0.278 e. The van der Waals surface area contributed by atoms with E-state index >= 15 is 0 Å². The first-order valence-electron chi connectivity index (χ1n) is 6.97. The van der Waals surface area contributed by atoms with Crippen LogP contribution >= 0.6 is 11.6 Å². The number of carbonyl (C=O) groups excluding carboxylic acids is 1. The topological polar surface area (TPSA) is 76.9 Å². The standard InChI is InChI=1S/C16H13ClN4O2/c1-10(15(22)18-14-9-5-3-7-12(14)17)21-16(23)11-6-2-4-8-13(11)19-20-21/h2-10H,1H3,(H,18,22). The van der Waals surface area contributed by atoms with Crippen LogP contribution in [0.15, 0.2) is 53.3 Å². The molecule has 1 atom stereocenters. The summed E-state index contributed by atoms with van der Waals surface area (Å²) in [5.41, 5.74) is 0.609. The number of fused-ring (bicyclic) bond motifs is 1. The van der Waals surface area contributed by atoms with Crippen molar-refractivity contribution < 1.29 is 4.79 Å². The maximum atomic E-state index is 12.4. The zero-order valence-corrected chi connectivity index (χ0v) is 13.0. The second kappa shape index (κ2) is 6.18. The van der Waals surface area contributed by atoms with Crippen LogP contribution in [0.2, 0.25) is 5.02 Å². The molecule has 1 heterocycles. The number of aromatic nitrogens is 3. The van der Waals surface area contributed by atoms with E-state index in [0.717, 1.165) is 4.68 Å². The van der Waals surface area contributed by atoms with Crippen LogP contribution in [0.5, 0.6) is 0 Å². The normalized spacial score (nSPS) is 12.1. The molecule has 0 radical (unpaired) electrons. The molecule has 7 heteroatoms. The Hall–Kier alpha value is -2.73. The van der Waals surface area contributed by atoms with Crippen LogP contribution in [-0.4, -0.2) is 20.9 Å². The highest BCUT2D eigenvalue weighted by atomic mass is 35.5. The molecule has 3 rings (SSSR count). The third-order valence-electron chi connectivity index (χ3n) is 3.47. The quantitative estimate of drug-likeness (QED) is 0.801. The van der Waals surface area contributed by atoms with Crippen molar-refractivity contribution in [2.24, 2.45) is 0 Å². The van der Waals surface area contributed by atoms with E-state index < -0.39 is 11.9 Å². The lowest BCUT2D eigenvalue weighted by Gasteiger charge is -2.14. The molecule has 1 unspecified atom stereocenters. The van der Waals surface area contributed by atoms with Crippen molar-refractivity contribution in [3.8, 4) is 0 Å². The van der Waals surface area contributed by atoms with Crippen molar-refractivity contribution in [1.29, 1.82) is 0 Å². The average molecular weight is 329 g/mol. The highest BCUT2D eigenvalue weighted by Crippen LogP contribution is 2.21. The van der Waals surface area contributed by atoms with Crippen molar-refractivity contribution in [3.05, 3.63) is 63.9 Å². The number of halogens is 1. The molecule has 0 saturated heterocycles. The van der Waals surface area contributed by atoms with Crippen LogP contribution in [0.4, 0.5) is 5.69 Å². The Kier molecular flexibility index (Phi) is 4.08. The molecular formula is C16H13ClN4O2. The Balaban J connectivity index is 1.92. The van der Waals surface area contributed by atoms with Crippen LogP contribution in [0, 0.1) is 0 Å². The van der Waals surface area contributed by atoms with Crippen LogP contribution in [0.1, 0.15) is 13.0 Å². The first kappa shape index (κ1) is 15.2. The summed E-state index contributed by atoms with van der Waals surface area (Å²) >= 11 is 6.02. The fourth-order valence-corrected chi connectivity index (χ4v) is 2.35. The van der Waals surface area contributed by atoms with Gasteiger partial charge in [0.15, 0.2) is 0 Å². The predicted octanol–water partition coefficient (Wildman–Crippen LogP) is 2.64. The summed E-state index contributed by atoms with van der Waals surface area (Å²) in [6.45, 7) is 1.58. The van der Waals surface area contributed by atoms with Gasteiger partial charge in [0.2, 0.25) is 5.91 Å². The smallest absolute Gasteiger partial charge is 0.278 e. The summed E-state index contributed by atoms with van der Waals surface area (Å²) in [4.78, 5) is 24.8. The maximum absolute atomic E-state index is 12.4. The van der Waals surface area contributed by atoms with Crippen molar-refractivity contribution in [3.63, 3.8) is 0 Å². The number of nitrogens with zero attached hydrogens (tertiary/aromatic N) is 3. The molecule has 1 amide bonds. The number of carbonyl (C=O) groups is 1. The van der Waals surface area contributed by atoms with Gasteiger partial charge < -0.3 is 5.32 Å². The number of anilines is 1. The molecule has 23 heavy (non-hydrogen) atoms. The van der Waals surface area contributed by atoms with Gasteiger partial charge in [-0.1, -0.05) is 41.1 Å². The lowest BCUT2D eigenvalue weighted by molar-refractivity contribution is -0.119. The molecule has 0 saturated carbocycles. The Morgan fingerprint density at radius 2 is 1.87 bits per heavy atom. The number of hydrogen-bond acceptors (Lipinski definition) is 4. The number of para-hydroxylation sites is 1. The number of nitrogens with one attached hydrogen (secondary N) is 1. The summed E-state index contributed by atoms with van der Waals surface area (Å²) in [5.74, 6) is -0.398. The fourth-order valence-electron chi connectivity index (χ4n) is 2.17. The highest BCUT2D eigenvalue weighted by Gasteiger charge is 2.19. The summed E-state index contributed by atoms with van der Waals surface area (Å²) in [6, 6.07) is 12.9. The van der Waals surface area contributed by atoms with Crippen molar-refractivity contribution >= 4 is 34.1 Å². The first-order valence-corrected chi connectivity index (χ1v) is 7.35. The minimum Gasteiger partial charge on any atom is -0.323 e. The summed E-state index contributed by atoms with van der Waals surface area (Å²) in [6.07, 6.45) is 0. The molecule has 6 nitrogen and oxygen atoms in total. The van der Waals surface area contributed by atoms with E-state index in [2.05, 4.69) is 15.6 Å². The van der Waals surface area contributed by atoms with E-state index in [9.17, 15) is 9.59 Å². The molecule has 3 aromatic rings. The SMILES string of the molecule is CC(C(=O)Nc1ccccc1Cl)n1nnc2ccccc2c1=O. The zero-order chi connectivity index (χ0) is 16.4. The molecule has 1 N–H and O–H groups in total. The Morgan fingerprint density at radius 1 is 1.17 bits per heavy atom. The van der Waals surface area contributed by atoms with Gasteiger partial charge >= 0.3 is 0 Å². The van der Waals surface area contributed by atoms with E-state index in [1.165, 1.54) is 0 Å². The van der Waals surface area contributed by atoms with Gasteiger partial charge in [0.05, 0.1) is 16.1 Å². The van der Waals surface area contributed by atoms with E-state index in [0.29, 0.717) is 21.6 Å². The molecule has 0 aliphatic heterocycles. The molecule has 0 spiro atoms. The van der Waals surface area contributed by atoms with Crippen LogP contribution in [0.25, 0.3) is 10.9 Å². The third-order valence-corrected chi connectivity index (χ3v) is 3.80. The van der Waals surface area contributed by atoms with Crippen molar-refractivity contribution in [2.45, 2.75) is 13.0 Å². The fraction of sp³-hybridized carbons (Fsp3) is 0.125. The van der Waals surface area contributed by atoms with Gasteiger partial charge in [-0.25, -0.2) is 0 Å². The minimum atomic E-state index is -0.823. The molecule has 116 valence electrons. The molecule has 0 bridgehead atoms. The monoisotopic (exact) mass is 328 g/mol. The van der Waals surface area contributed by atoms with E-state index in [1.807, 2.05) is 0 Å². The number of rotatable bonds is 3. The second-order valence-corrected chi connectivity index (χ2v) is 5.41. The van der Waals surface area contributed by atoms with Crippen LogP contribution < -0.4 is 10.9 Å². The van der Waals surface area contributed by atoms with Gasteiger partial charge in [-0.15, -0.1) is 5.10 Å². The lowest BCUT2D eigenvalue weighted by Crippen LogP contribution is -2.34. The average Bonchev–Trinajstić information content (AvgIpc) is 2.57. The second-order valence-electron chi connectivity index (χ2n) is 5.00. The van der Waals surface area contributed by atoms with Crippen LogP contribution in [0.3, 0.4) is 0 Å². The summed E-state index contributed by atoms with van der Waals surface area (Å²) in [7, 11) is 0. The minimum absolute atomic E-state index is 0.364. The lowest BCUT2D eigenvalue weighted by atomic mass is 10.2. The van der Waals surface area contributed by atoms with Gasteiger partial charge in [-0.05, 0) is 31.2 Å². The molecule has 0 fully saturated rings. The molecule has 2 aromatic carbocycles. The van der Waals surface area contributed by atoms with Gasteiger partial charge in [0, 0.05) is 0 Å². The Labute approximate surface area is 136 Å². The molecule has 0 aliphatic carbocycles. The number of benzene rings is 2. The first-order chi connectivity index (χ1) is 11.1. The Morgan fingerprint density at radius 3 is 2.65 bits per heavy atom. The summed E-state index contributed by atoms with van der Waals surface area (Å²) in [5, 5.41) is 11.4. The van der Waals surface area contributed by atoms with E-state index in [4.69, 9.17) is 11.6 Å². The van der Waals surface area contributed by atoms with Gasteiger partial charge in [0.1, 0.15) is 11.6 Å². The van der Waals surface area contributed by atoms with Gasteiger partial charge in [-0.2, -0.15) is 4.68 Å². The zero-order valence-electron chi connectivity index (χ0n) is 12.2. The molecule has 1 aromatic heterocycles. The Bertz CT molecular complexity index is 939. The van der Waals surface area contributed by atoms with Crippen molar-refractivity contribution in [2.75, 3.05) is 5.32 Å². The van der Waals surface area contributed by atoms with E-state index in [1.54, 1.807) is 55.5 Å². The van der Waals surface area contributed by atoms with Crippen LogP contribution in [-0.2, 0) is 4.79 Å². The predicted molar refractivity (Wildman–Crippen MR) is 88.6 cm³/mol. The van der Waals surface area contributed by atoms with E-state index in [-0.39, 0.29) is 5.56 Å². The van der Waals surface area contributed by atoms with Gasteiger partial charge in [0.25, 0.3) is 5.56 Å². The highest BCUT2D eigenvalue weighted by molar-refractivity contribution is 6.33. The largest absolute Gasteiger partial charge is 0.323 e. The van der Waals surface area contributed by atoms with Gasteiger partial charge in [-0.3, -0.25) is 9.59 Å². The molecular weight excluding hydrogens is 316 g/mol. The number of amides is 1.